The van der Waals surface area contributed by atoms with Crippen LogP contribution in [0.4, 0.5) is 0 Å². The van der Waals surface area contributed by atoms with Crippen LogP contribution in [0, 0.1) is 0 Å². The van der Waals surface area contributed by atoms with Crippen LogP contribution >= 0.6 is 0 Å². The average Bonchev–Trinajstić information content (AvgIpc) is 3.00. The summed E-state index contributed by atoms with van der Waals surface area (Å²) in [6, 6.07) is 10.1. The second-order valence-electron chi connectivity index (χ2n) is 8.60. The first kappa shape index (κ1) is 38.3. The lowest BCUT2D eigenvalue weighted by molar-refractivity contribution is -0.144. The zero-order valence-corrected chi connectivity index (χ0v) is 25.3. The van der Waals surface area contributed by atoms with Gasteiger partial charge in [0.05, 0.1) is 145 Å². The van der Waals surface area contributed by atoms with Crippen LogP contribution in [-0.4, -0.2) is 138 Å². The van der Waals surface area contributed by atoms with E-state index in [4.69, 9.17) is 52.1 Å². The van der Waals surface area contributed by atoms with Gasteiger partial charge < -0.3 is 52.1 Å². The molecule has 0 aliphatic rings. The lowest BCUT2D eigenvalue weighted by atomic mass is 10.2. The predicted molar refractivity (Wildman–Crippen MR) is 155 cm³/mol. The number of rotatable bonds is 33. The summed E-state index contributed by atoms with van der Waals surface area (Å²) in [5, 5.41) is 0. The molecule has 0 N–H and O–H groups in total. The van der Waals surface area contributed by atoms with Gasteiger partial charge in [0.15, 0.2) is 0 Å². The fraction of sp³-hybridized carbons (Fsp3) is 0.767. The summed E-state index contributed by atoms with van der Waals surface area (Å²) in [4.78, 5) is 11.1. The van der Waals surface area contributed by atoms with Crippen LogP contribution in [0.3, 0.4) is 0 Å². The van der Waals surface area contributed by atoms with Gasteiger partial charge in [0.25, 0.3) is 0 Å². The quantitative estimate of drug-likeness (QED) is 0.0865. The molecule has 0 saturated heterocycles. The van der Waals surface area contributed by atoms with Gasteiger partial charge in [0.2, 0.25) is 0 Å². The molecular formula is C30H52O12. The molecule has 0 fully saturated rings. The van der Waals surface area contributed by atoms with Gasteiger partial charge in [-0.05, 0) is 12.5 Å². The van der Waals surface area contributed by atoms with E-state index in [0.717, 1.165) is 5.56 Å². The summed E-state index contributed by atoms with van der Waals surface area (Å²) in [6.45, 7) is 12.2. The highest BCUT2D eigenvalue weighted by molar-refractivity contribution is 5.69. The number of esters is 1. The van der Waals surface area contributed by atoms with E-state index in [1.54, 1.807) is 6.92 Å². The molecule has 1 rings (SSSR count). The third-order valence-electron chi connectivity index (χ3n) is 5.22. The maximum Gasteiger partial charge on any atom is 0.308 e. The molecule has 0 unspecified atom stereocenters. The van der Waals surface area contributed by atoms with Crippen LogP contribution in [0.1, 0.15) is 18.9 Å². The van der Waals surface area contributed by atoms with Crippen LogP contribution in [0.5, 0.6) is 0 Å². The van der Waals surface area contributed by atoms with Crippen molar-refractivity contribution in [1.82, 2.24) is 0 Å². The van der Waals surface area contributed by atoms with Crippen molar-refractivity contribution in [2.24, 2.45) is 0 Å². The summed E-state index contributed by atoms with van der Waals surface area (Å²) in [7, 11) is 0. The normalized spacial score (nSPS) is 11.3. The minimum atomic E-state index is -0.249. The van der Waals surface area contributed by atoms with Gasteiger partial charge in [-0.3, -0.25) is 4.79 Å². The van der Waals surface area contributed by atoms with E-state index in [2.05, 4.69) is 0 Å². The summed E-state index contributed by atoms with van der Waals surface area (Å²) in [5.41, 5.74) is 1.16. The lowest BCUT2D eigenvalue weighted by Crippen LogP contribution is -2.15. The highest BCUT2D eigenvalue weighted by Gasteiger charge is 2.01. The third kappa shape index (κ3) is 28.4. The molecule has 0 atom stereocenters. The van der Waals surface area contributed by atoms with Crippen molar-refractivity contribution in [1.29, 1.82) is 0 Å². The Balaban J connectivity index is 1.63. The van der Waals surface area contributed by atoms with E-state index >= 15 is 0 Å². The maximum atomic E-state index is 11.1. The van der Waals surface area contributed by atoms with Gasteiger partial charge in [-0.25, -0.2) is 0 Å². The van der Waals surface area contributed by atoms with E-state index in [0.29, 0.717) is 139 Å². The molecule has 0 amide bonds. The Hall–Kier alpha value is -1.71. The molecule has 12 nitrogen and oxygen atoms in total. The summed E-state index contributed by atoms with van der Waals surface area (Å²) in [5.74, 6) is -0.249. The second-order valence-corrected chi connectivity index (χ2v) is 8.60. The molecule has 42 heavy (non-hydrogen) atoms. The topological polar surface area (TPSA) is 119 Å². The zero-order chi connectivity index (χ0) is 30.0. The first-order valence-corrected chi connectivity index (χ1v) is 14.8. The third-order valence-corrected chi connectivity index (χ3v) is 5.22. The maximum absolute atomic E-state index is 11.1. The Kier molecular flexibility index (Phi) is 29.4. The first-order chi connectivity index (χ1) is 20.8. The average molecular weight is 605 g/mol. The number of hydrogen-bond acceptors (Lipinski definition) is 12. The van der Waals surface area contributed by atoms with E-state index in [-0.39, 0.29) is 12.4 Å². The fourth-order valence-corrected chi connectivity index (χ4v) is 3.13. The smallest absolute Gasteiger partial charge is 0.308 e. The molecule has 0 aliphatic heterocycles. The van der Waals surface area contributed by atoms with Crippen molar-refractivity contribution in [3.8, 4) is 0 Å². The van der Waals surface area contributed by atoms with Crippen LogP contribution in [0.2, 0.25) is 0 Å². The molecule has 244 valence electrons. The molecular weight excluding hydrogens is 552 g/mol. The van der Waals surface area contributed by atoms with Crippen molar-refractivity contribution in [3.05, 3.63) is 35.9 Å². The number of carbonyl (C=O) groups excluding carboxylic acids is 1. The zero-order valence-electron chi connectivity index (χ0n) is 25.3. The highest BCUT2D eigenvalue weighted by Crippen LogP contribution is 2.00. The van der Waals surface area contributed by atoms with Crippen molar-refractivity contribution in [2.45, 2.75) is 20.0 Å². The van der Waals surface area contributed by atoms with Gasteiger partial charge >= 0.3 is 5.97 Å². The Morgan fingerprint density at radius 3 is 1.10 bits per heavy atom. The minimum Gasteiger partial charge on any atom is -0.466 e. The number of carbonyl (C=O) groups is 1. The highest BCUT2D eigenvalue weighted by atomic mass is 16.6. The van der Waals surface area contributed by atoms with Gasteiger partial charge in [0, 0.05) is 0 Å². The van der Waals surface area contributed by atoms with E-state index in [1.165, 1.54) is 0 Å². The van der Waals surface area contributed by atoms with E-state index < -0.39 is 0 Å². The van der Waals surface area contributed by atoms with E-state index in [9.17, 15) is 4.79 Å². The predicted octanol–water partition coefficient (Wildman–Crippen LogP) is 2.31. The molecule has 0 radical (unpaired) electrons. The number of benzene rings is 1. The summed E-state index contributed by atoms with van der Waals surface area (Å²) in [6.07, 6.45) is 0.258. The molecule has 12 heteroatoms. The Morgan fingerprint density at radius 2 is 0.762 bits per heavy atom. The Bertz CT molecular complexity index is 680. The molecule has 0 saturated carbocycles. The minimum absolute atomic E-state index is 0.249. The molecule has 0 heterocycles. The van der Waals surface area contributed by atoms with Gasteiger partial charge in [-0.15, -0.1) is 0 Å². The molecule has 0 aromatic heterocycles. The van der Waals surface area contributed by atoms with E-state index in [1.807, 2.05) is 30.3 Å². The second kappa shape index (κ2) is 32.2. The fourth-order valence-electron chi connectivity index (χ4n) is 3.13. The van der Waals surface area contributed by atoms with Crippen LogP contribution in [0.25, 0.3) is 0 Å². The molecule has 1 aromatic rings. The summed E-state index contributed by atoms with van der Waals surface area (Å²) < 4.78 is 59.3. The number of hydrogen-bond donors (Lipinski definition) is 0. The Morgan fingerprint density at radius 1 is 0.452 bits per heavy atom. The largest absolute Gasteiger partial charge is 0.466 e. The van der Waals surface area contributed by atoms with Crippen LogP contribution in [0.15, 0.2) is 30.3 Å². The van der Waals surface area contributed by atoms with Crippen LogP contribution in [-0.2, 0) is 63.5 Å². The van der Waals surface area contributed by atoms with Crippen molar-refractivity contribution >= 4 is 5.97 Å². The standard InChI is InChI=1S/C30H52O12/c1-2-42-30(31)8-9-32-10-11-33-12-13-34-14-15-35-16-17-36-18-19-37-20-21-38-22-23-39-24-25-40-26-27-41-28-29-6-4-3-5-7-29/h3-7H,2,8-28H2,1H3. The van der Waals surface area contributed by atoms with Gasteiger partial charge in [-0.1, -0.05) is 30.3 Å². The summed E-state index contributed by atoms with van der Waals surface area (Å²) >= 11 is 0. The van der Waals surface area contributed by atoms with Crippen molar-refractivity contribution in [2.75, 3.05) is 132 Å². The number of ether oxygens (including phenoxy) is 11. The molecule has 0 bridgehead atoms. The molecule has 0 spiro atoms. The SMILES string of the molecule is CCOC(=O)CCOCCOCCOCCOCCOCCOCCOCCOCCOCCOCc1ccccc1. The first-order valence-electron chi connectivity index (χ1n) is 14.8. The monoisotopic (exact) mass is 604 g/mol. The van der Waals surface area contributed by atoms with Crippen LogP contribution < -0.4 is 0 Å². The van der Waals surface area contributed by atoms with Crippen molar-refractivity contribution < 1.29 is 56.9 Å². The molecule has 0 aliphatic carbocycles. The molecule has 1 aromatic carbocycles. The Labute approximate surface area is 251 Å². The van der Waals surface area contributed by atoms with Crippen molar-refractivity contribution in [3.63, 3.8) is 0 Å². The van der Waals surface area contributed by atoms with Gasteiger partial charge in [0.1, 0.15) is 0 Å². The lowest BCUT2D eigenvalue weighted by Gasteiger charge is -2.09. The van der Waals surface area contributed by atoms with Gasteiger partial charge in [-0.2, -0.15) is 0 Å².